The van der Waals surface area contributed by atoms with Crippen LogP contribution in [0.2, 0.25) is 0 Å². The Morgan fingerprint density at radius 1 is 0.833 bits per heavy atom. The number of benzene rings is 3. The van der Waals surface area contributed by atoms with Crippen LogP contribution in [0.1, 0.15) is 33.6 Å². The molecule has 3 aromatic rings. The smallest absolute Gasteiger partial charge is 0.255 e. The third-order valence-electron chi connectivity index (χ3n) is 5.15. The lowest BCUT2D eigenvalue weighted by molar-refractivity contribution is 0.0950. The monoisotopic (exact) mass is 399 g/mol. The standard InChI is InChI=1S/C25H25N3O2/c1-28(2)23-15-14-21(16-22(23)25(30)26-20-12-13-20)27-24(29)19-10-8-18(9-11-19)17-6-4-3-5-7-17/h3-11,14-16,20H,12-13H2,1-2H3,(H,26,30)(H,27,29). The van der Waals surface area contributed by atoms with Crippen LogP contribution in [0.5, 0.6) is 0 Å². The lowest BCUT2D eigenvalue weighted by Crippen LogP contribution is -2.27. The Hall–Kier alpha value is -3.60. The van der Waals surface area contributed by atoms with Crippen LogP contribution < -0.4 is 15.5 Å². The fourth-order valence-electron chi connectivity index (χ4n) is 3.32. The molecular weight excluding hydrogens is 374 g/mol. The van der Waals surface area contributed by atoms with Crippen molar-refractivity contribution in [2.45, 2.75) is 18.9 Å². The van der Waals surface area contributed by atoms with E-state index in [-0.39, 0.29) is 17.9 Å². The number of anilines is 2. The highest BCUT2D eigenvalue weighted by molar-refractivity contribution is 6.06. The van der Waals surface area contributed by atoms with Gasteiger partial charge in [0.2, 0.25) is 0 Å². The van der Waals surface area contributed by atoms with Crippen molar-refractivity contribution in [1.29, 1.82) is 0 Å². The number of amides is 2. The number of nitrogens with one attached hydrogen (secondary N) is 2. The second-order valence-corrected chi connectivity index (χ2v) is 7.77. The van der Waals surface area contributed by atoms with Gasteiger partial charge in [0.1, 0.15) is 0 Å². The van der Waals surface area contributed by atoms with Gasteiger partial charge in [0.25, 0.3) is 11.8 Å². The Morgan fingerprint density at radius 3 is 2.13 bits per heavy atom. The van der Waals surface area contributed by atoms with Crippen molar-refractivity contribution < 1.29 is 9.59 Å². The van der Waals surface area contributed by atoms with Gasteiger partial charge >= 0.3 is 0 Å². The fourth-order valence-corrected chi connectivity index (χ4v) is 3.32. The zero-order valence-electron chi connectivity index (χ0n) is 17.2. The third kappa shape index (κ3) is 4.51. The summed E-state index contributed by atoms with van der Waals surface area (Å²) in [5.74, 6) is -0.315. The third-order valence-corrected chi connectivity index (χ3v) is 5.15. The molecule has 3 aromatic carbocycles. The first-order valence-corrected chi connectivity index (χ1v) is 10.1. The van der Waals surface area contributed by atoms with Gasteiger partial charge in [-0.25, -0.2) is 0 Å². The Bertz CT molecular complexity index is 1060. The molecule has 1 fully saturated rings. The molecule has 1 aliphatic carbocycles. The predicted molar refractivity (Wildman–Crippen MR) is 121 cm³/mol. The van der Waals surface area contributed by atoms with Gasteiger partial charge < -0.3 is 15.5 Å². The largest absolute Gasteiger partial charge is 0.377 e. The van der Waals surface area contributed by atoms with Crippen molar-refractivity contribution in [2.24, 2.45) is 0 Å². The van der Waals surface area contributed by atoms with Gasteiger partial charge in [-0.1, -0.05) is 42.5 Å². The minimum absolute atomic E-state index is 0.107. The maximum atomic E-state index is 12.7. The molecule has 4 rings (SSSR count). The molecule has 0 radical (unpaired) electrons. The highest BCUT2D eigenvalue weighted by Crippen LogP contribution is 2.26. The van der Waals surface area contributed by atoms with E-state index in [9.17, 15) is 9.59 Å². The Balaban J connectivity index is 1.51. The fraction of sp³-hybridized carbons (Fsp3) is 0.200. The summed E-state index contributed by atoms with van der Waals surface area (Å²) in [5.41, 5.74) is 4.70. The lowest BCUT2D eigenvalue weighted by Gasteiger charge is -2.18. The highest BCUT2D eigenvalue weighted by atomic mass is 16.2. The highest BCUT2D eigenvalue weighted by Gasteiger charge is 2.25. The molecule has 0 saturated heterocycles. The number of carbonyl (C=O) groups is 2. The lowest BCUT2D eigenvalue weighted by atomic mass is 10.0. The van der Waals surface area contributed by atoms with Crippen LogP contribution in [0.25, 0.3) is 11.1 Å². The van der Waals surface area contributed by atoms with E-state index >= 15 is 0 Å². The second kappa shape index (κ2) is 8.41. The molecule has 0 heterocycles. The summed E-state index contributed by atoms with van der Waals surface area (Å²) in [7, 11) is 3.80. The first kappa shape index (κ1) is 19.7. The summed E-state index contributed by atoms with van der Waals surface area (Å²) in [4.78, 5) is 27.3. The topological polar surface area (TPSA) is 61.4 Å². The Morgan fingerprint density at radius 2 is 1.50 bits per heavy atom. The van der Waals surface area contributed by atoms with Crippen LogP contribution in [0, 0.1) is 0 Å². The molecule has 5 heteroatoms. The van der Waals surface area contributed by atoms with Crippen molar-refractivity contribution in [3.8, 4) is 11.1 Å². The molecule has 152 valence electrons. The number of hydrogen-bond acceptors (Lipinski definition) is 3. The van der Waals surface area contributed by atoms with E-state index in [0.717, 1.165) is 29.7 Å². The number of nitrogens with zero attached hydrogens (tertiary/aromatic N) is 1. The number of hydrogen-bond donors (Lipinski definition) is 2. The van der Waals surface area contributed by atoms with Crippen molar-refractivity contribution in [1.82, 2.24) is 5.32 Å². The Kier molecular flexibility index (Phi) is 5.53. The summed E-state index contributed by atoms with van der Waals surface area (Å²) in [5, 5.41) is 5.93. The van der Waals surface area contributed by atoms with Gasteiger partial charge in [-0.3, -0.25) is 9.59 Å². The van der Waals surface area contributed by atoms with E-state index in [4.69, 9.17) is 0 Å². The minimum Gasteiger partial charge on any atom is -0.377 e. The molecular formula is C25H25N3O2. The van der Waals surface area contributed by atoms with E-state index in [1.165, 1.54) is 0 Å². The molecule has 0 aromatic heterocycles. The van der Waals surface area contributed by atoms with E-state index < -0.39 is 0 Å². The summed E-state index contributed by atoms with van der Waals surface area (Å²) < 4.78 is 0. The van der Waals surface area contributed by atoms with Crippen molar-refractivity contribution in [2.75, 3.05) is 24.3 Å². The van der Waals surface area contributed by atoms with Gasteiger partial charge in [-0.15, -0.1) is 0 Å². The first-order chi connectivity index (χ1) is 14.5. The average Bonchev–Trinajstić information content (AvgIpc) is 3.58. The van der Waals surface area contributed by atoms with Crippen LogP contribution in [-0.2, 0) is 0 Å². The van der Waals surface area contributed by atoms with Crippen LogP contribution in [0.3, 0.4) is 0 Å². The molecule has 0 atom stereocenters. The summed E-state index contributed by atoms with van der Waals surface area (Å²) in [6.07, 6.45) is 2.05. The summed E-state index contributed by atoms with van der Waals surface area (Å²) in [6, 6.07) is 23.2. The van der Waals surface area contributed by atoms with E-state index in [2.05, 4.69) is 10.6 Å². The normalized spacial score (nSPS) is 12.9. The maximum Gasteiger partial charge on any atom is 0.255 e. The molecule has 0 bridgehead atoms. The molecule has 5 nitrogen and oxygen atoms in total. The molecule has 0 unspecified atom stereocenters. The van der Waals surface area contributed by atoms with Gasteiger partial charge in [0, 0.05) is 37.1 Å². The minimum atomic E-state index is -0.208. The molecule has 30 heavy (non-hydrogen) atoms. The average molecular weight is 399 g/mol. The molecule has 0 aliphatic heterocycles. The zero-order chi connectivity index (χ0) is 21.1. The van der Waals surface area contributed by atoms with Crippen molar-refractivity contribution >= 4 is 23.2 Å². The van der Waals surface area contributed by atoms with E-state index in [1.54, 1.807) is 6.07 Å². The summed E-state index contributed by atoms with van der Waals surface area (Å²) in [6.45, 7) is 0. The van der Waals surface area contributed by atoms with E-state index in [1.807, 2.05) is 85.7 Å². The van der Waals surface area contributed by atoms with Crippen molar-refractivity contribution in [3.05, 3.63) is 83.9 Å². The van der Waals surface area contributed by atoms with Crippen LogP contribution in [-0.4, -0.2) is 32.0 Å². The predicted octanol–water partition coefficient (Wildman–Crippen LogP) is 4.56. The van der Waals surface area contributed by atoms with Gasteiger partial charge in [-0.2, -0.15) is 0 Å². The van der Waals surface area contributed by atoms with Gasteiger partial charge in [-0.05, 0) is 54.3 Å². The second-order valence-electron chi connectivity index (χ2n) is 7.77. The van der Waals surface area contributed by atoms with Gasteiger partial charge in [0.15, 0.2) is 0 Å². The quantitative estimate of drug-likeness (QED) is 0.639. The molecule has 2 N–H and O–H groups in total. The van der Waals surface area contributed by atoms with Crippen LogP contribution in [0.4, 0.5) is 11.4 Å². The number of carbonyl (C=O) groups excluding carboxylic acids is 2. The Labute approximate surface area is 176 Å². The SMILES string of the molecule is CN(C)c1ccc(NC(=O)c2ccc(-c3ccccc3)cc2)cc1C(=O)NC1CC1. The van der Waals surface area contributed by atoms with E-state index in [0.29, 0.717) is 16.8 Å². The molecule has 2 amide bonds. The molecule has 0 spiro atoms. The first-order valence-electron chi connectivity index (χ1n) is 10.1. The summed E-state index contributed by atoms with van der Waals surface area (Å²) >= 11 is 0. The van der Waals surface area contributed by atoms with Gasteiger partial charge in [0.05, 0.1) is 5.56 Å². The van der Waals surface area contributed by atoms with Crippen LogP contribution in [0.15, 0.2) is 72.8 Å². The zero-order valence-corrected chi connectivity index (χ0v) is 17.2. The molecule has 1 aliphatic rings. The van der Waals surface area contributed by atoms with Crippen molar-refractivity contribution in [3.63, 3.8) is 0 Å². The number of rotatable bonds is 6. The molecule has 1 saturated carbocycles. The van der Waals surface area contributed by atoms with Crippen LogP contribution >= 0.6 is 0 Å². The maximum absolute atomic E-state index is 12.7.